The van der Waals surface area contributed by atoms with Crippen LogP contribution in [0, 0.1) is 36.2 Å². The van der Waals surface area contributed by atoms with Crippen LogP contribution < -0.4 is 0 Å². The summed E-state index contributed by atoms with van der Waals surface area (Å²) >= 11 is 0. The Bertz CT molecular complexity index is 938. The normalized spacial score (nSPS) is 33.8. The van der Waals surface area contributed by atoms with Gasteiger partial charge in [-0.25, -0.2) is 17.2 Å². The smallest absolute Gasteiger partial charge is 0.309 e. The standard InChI is InChI=1S/C17H18F2NO9S.Rf/c1-6(21)20-12-8-4-9(13(12)29-15(23)7-2-3-7)11(10(8)14(20)22)16(24)28-5-17(18,19)30(25,26)27;/h5,7-13H,2-4H2,1H3,(H,25,26,27);/q-1;/p-1. The van der Waals surface area contributed by atoms with Crippen molar-refractivity contribution in [2.75, 3.05) is 0 Å². The number of esters is 2. The van der Waals surface area contributed by atoms with E-state index in [4.69, 9.17) is 4.74 Å². The molecular formula is C17H17F2NO9RfS-2. The zero-order valence-electron chi connectivity index (χ0n) is 16.2. The van der Waals surface area contributed by atoms with Gasteiger partial charge >= 0.3 is 5.97 Å². The van der Waals surface area contributed by atoms with Gasteiger partial charge in [0.15, 0.2) is 0 Å². The number of likely N-dealkylation sites (tertiary alicyclic amines) is 1. The maximum absolute atomic E-state index is 13.3. The molecule has 2 bridgehead atoms. The van der Waals surface area contributed by atoms with Crippen LogP contribution in [0.5, 0.6) is 0 Å². The number of fused-ring (bicyclic) bond motifs is 1. The van der Waals surface area contributed by atoms with Crippen LogP contribution in [0.2, 0.25) is 0 Å². The molecule has 0 radical (unpaired) electrons. The molecule has 3 saturated carbocycles. The van der Waals surface area contributed by atoms with E-state index in [2.05, 4.69) is 4.74 Å². The van der Waals surface area contributed by atoms with Crippen LogP contribution >= 0.6 is 0 Å². The molecule has 6 unspecified atom stereocenters. The van der Waals surface area contributed by atoms with E-state index in [1.165, 1.54) is 0 Å². The summed E-state index contributed by atoms with van der Waals surface area (Å²) in [5.41, 5.74) is 0. The number of hydrogen-bond acceptors (Lipinski definition) is 9. The minimum Gasteiger partial charge on any atom is -0.746 e. The minimum absolute atomic E-state index is 0. The summed E-state index contributed by atoms with van der Waals surface area (Å²) in [6, 6.07) is -0.746. The van der Waals surface area contributed by atoms with Gasteiger partial charge in [-0.05, 0) is 25.2 Å². The summed E-state index contributed by atoms with van der Waals surface area (Å²) in [7, 11) is -6.11. The Morgan fingerprint density at radius 2 is 1.81 bits per heavy atom. The van der Waals surface area contributed by atoms with Gasteiger partial charge in [0.2, 0.25) is 11.8 Å². The summed E-state index contributed by atoms with van der Waals surface area (Å²) in [6.45, 7) is 0.477. The van der Waals surface area contributed by atoms with Gasteiger partial charge in [0.05, 0.1) is 23.8 Å². The van der Waals surface area contributed by atoms with Crippen molar-refractivity contribution in [3.05, 3.63) is 6.61 Å². The van der Waals surface area contributed by atoms with Gasteiger partial charge in [0.25, 0.3) is 11.2 Å². The third-order valence-electron chi connectivity index (χ3n) is 6.29. The molecule has 14 heteroatoms. The van der Waals surface area contributed by atoms with Gasteiger partial charge in [-0.3, -0.25) is 24.1 Å². The Labute approximate surface area is 169 Å². The third-order valence-corrected chi connectivity index (χ3v) is 7.05. The summed E-state index contributed by atoms with van der Waals surface area (Å²) in [4.78, 5) is 50.4. The number of hydrogen-bond donors (Lipinski definition) is 0. The van der Waals surface area contributed by atoms with E-state index >= 15 is 0 Å². The SMILES string of the molecule is CC(=O)N1C(=O)C2C3CC(C(OC(=O)C4CC4)C31)C2C(=O)O[CH-]C(F)(F)S(=O)(=O)[O-].[Rf]. The van der Waals surface area contributed by atoms with E-state index in [1.807, 2.05) is 0 Å². The molecule has 3 aliphatic carbocycles. The maximum atomic E-state index is 13.3. The van der Waals surface area contributed by atoms with Crippen LogP contribution in [-0.2, 0) is 38.8 Å². The van der Waals surface area contributed by atoms with Gasteiger partial charge < -0.3 is 14.0 Å². The molecule has 1 aliphatic heterocycles. The number of ether oxygens (including phenoxy) is 2. The molecule has 1 heterocycles. The number of alkyl halides is 2. The van der Waals surface area contributed by atoms with Crippen LogP contribution in [0.25, 0.3) is 0 Å². The van der Waals surface area contributed by atoms with Gasteiger partial charge in [0.1, 0.15) is 16.2 Å². The quantitative estimate of drug-likeness (QED) is 0.207. The molecule has 0 spiro atoms. The van der Waals surface area contributed by atoms with Crippen molar-refractivity contribution in [1.82, 2.24) is 4.90 Å². The van der Waals surface area contributed by atoms with E-state index < -0.39 is 81.5 Å². The van der Waals surface area contributed by atoms with Crippen molar-refractivity contribution in [2.45, 2.75) is 43.6 Å². The zero-order valence-corrected chi connectivity index (χ0v) is 23.4. The first-order valence-corrected chi connectivity index (χ1v) is 10.7. The maximum Gasteiger partial charge on any atom is 0.309 e. The van der Waals surface area contributed by atoms with Crippen LogP contribution in [0.4, 0.5) is 8.78 Å². The van der Waals surface area contributed by atoms with Gasteiger partial charge in [-0.15, -0.1) is 0 Å². The molecule has 10 nitrogen and oxygen atoms in total. The van der Waals surface area contributed by atoms with Gasteiger partial charge in [-0.1, -0.05) is 6.61 Å². The molecule has 4 rings (SSSR count). The second kappa shape index (κ2) is 6.94. The summed E-state index contributed by atoms with van der Waals surface area (Å²) < 4.78 is 68.2. The van der Waals surface area contributed by atoms with Crippen molar-refractivity contribution in [1.29, 1.82) is 0 Å². The van der Waals surface area contributed by atoms with Gasteiger partial charge in [-0.2, -0.15) is 0 Å². The Balaban J connectivity index is 0.00000272. The second-order valence-electron chi connectivity index (χ2n) is 8.08. The number of carbonyl (C=O) groups is 4. The first-order chi connectivity index (χ1) is 13.8. The predicted molar refractivity (Wildman–Crippen MR) is 87.5 cm³/mol. The molecule has 0 N–H and O–H groups in total. The van der Waals surface area contributed by atoms with Crippen LogP contribution in [0.3, 0.4) is 0 Å². The molecule has 4 aliphatic rings. The Kier molecular flexibility index (Phi) is 5.04. The van der Waals surface area contributed by atoms with Crippen LogP contribution in [0.15, 0.2) is 0 Å². The first kappa shape index (κ1) is 22.5. The Morgan fingerprint density at radius 1 is 1.19 bits per heavy atom. The molecule has 168 valence electrons. The molecule has 0 aromatic rings. The summed E-state index contributed by atoms with van der Waals surface area (Å²) in [6.07, 6.45) is 0.517. The summed E-state index contributed by atoms with van der Waals surface area (Å²) in [5.74, 6) is -7.10. The number of rotatable bonds is 6. The fraction of sp³-hybridized carbons (Fsp3) is 0.706. The molecule has 31 heavy (non-hydrogen) atoms. The fourth-order valence-electron chi connectivity index (χ4n) is 4.97. The molecule has 6 atom stereocenters. The topological polar surface area (TPSA) is 147 Å². The van der Waals surface area contributed by atoms with Crippen molar-refractivity contribution in [3.63, 3.8) is 0 Å². The molecule has 1 saturated heterocycles. The number of imide groups is 1. The van der Waals surface area contributed by atoms with Crippen LogP contribution in [0.1, 0.15) is 26.2 Å². The average Bonchev–Trinajstić information content (AvgIpc) is 3.28. The molecule has 0 aromatic heterocycles. The fourth-order valence-corrected chi connectivity index (χ4v) is 5.13. The second-order valence-corrected chi connectivity index (χ2v) is 9.53. The molecule has 4 fully saturated rings. The van der Waals surface area contributed by atoms with Crippen molar-refractivity contribution in [2.24, 2.45) is 29.6 Å². The number of amides is 2. The monoisotopic (exact) mass is 716 g/mol. The number of carbonyl (C=O) groups excluding carboxylic acids is 4. The molecular weight excluding hydrogens is 699 g/mol. The third kappa shape index (κ3) is 3.30. The molecule has 0 aromatic carbocycles. The predicted octanol–water partition coefficient (Wildman–Crippen LogP) is -0.209. The van der Waals surface area contributed by atoms with E-state index in [9.17, 15) is 40.9 Å². The van der Waals surface area contributed by atoms with E-state index in [0.717, 1.165) is 11.8 Å². The summed E-state index contributed by atoms with van der Waals surface area (Å²) in [5, 5.41) is -4.95. The minimum atomic E-state index is -6.11. The van der Waals surface area contributed by atoms with Crippen molar-refractivity contribution < 1.29 is 50.4 Å². The van der Waals surface area contributed by atoms with Crippen LogP contribution in [-0.4, -0.2) is 59.0 Å². The van der Waals surface area contributed by atoms with E-state index in [0.29, 0.717) is 12.8 Å². The number of halogens is 2. The van der Waals surface area contributed by atoms with Gasteiger partial charge in [0, 0.05) is 12.8 Å². The number of nitrogens with zero attached hydrogens (tertiary/aromatic N) is 1. The van der Waals surface area contributed by atoms with Crippen molar-refractivity contribution >= 4 is 33.9 Å². The first-order valence-electron chi connectivity index (χ1n) is 9.27. The van der Waals surface area contributed by atoms with Crippen molar-refractivity contribution in [3.8, 4) is 0 Å². The largest absolute Gasteiger partial charge is 0.746 e. The zero-order chi connectivity index (χ0) is 22.2. The Hall–Kier alpha value is -3.15. The molecule has 2 amide bonds. The Morgan fingerprint density at radius 3 is 2.32 bits per heavy atom. The van der Waals surface area contributed by atoms with E-state index in [1.54, 1.807) is 0 Å². The van der Waals surface area contributed by atoms with E-state index in [-0.39, 0.29) is 12.3 Å². The average molecular weight is 716 g/mol.